The lowest BCUT2D eigenvalue weighted by Crippen LogP contribution is -2.30. The fourth-order valence-corrected chi connectivity index (χ4v) is 4.52. The molecule has 20 heavy (non-hydrogen) atoms. The Labute approximate surface area is 127 Å². The van der Waals surface area contributed by atoms with Gasteiger partial charge in [0.05, 0.1) is 5.56 Å². The third-order valence-electron chi connectivity index (χ3n) is 5.03. The van der Waals surface area contributed by atoms with E-state index in [1.54, 1.807) is 12.1 Å². The molecule has 2 N–H and O–H groups in total. The van der Waals surface area contributed by atoms with Crippen molar-refractivity contribution in [3.63, 3.8) is 0 Å². The maximum atomic E-state index is 10.9. The summed E-state index contributed by atoms with van der Waals surface area (Å²) in [7, 11) is 0. The Bertz CT molecular complexity index is 531. The number of halogens is 1. The highest BCUT2D eigenvalue weighted by atomic mass is 79.9. The van der Waals surface area contributed by atoms with Crippen LogP contribution in [0.25, 0.3) is 0 Å². The van der Waals surface area contributed by atoms with Crippen molar-refractivity contribution in [2.24, 2.45) is 17.8 Å². The van der Waals surface area contributed by atoms with Gasteiger partial charge in [-0.3, -0.25) is 0 Å². The van der Waals surface area contributed by atoms with Gasteiger partial charge in [0.2, 0.25) is 0 Å². The number of nitrogens with one attached hydrogen (secondary N) is 1. The SMILES string of the molecule is CC(Nc1ccc(C(=O)O)cc1Br)C1CC2CCC1C2. The summed E-state index contributed by atoms with van der Waals surface area (Å²) in [6, 6.07) is 5.62. The minimum Gasteiger partial charge on any atom is -0.478 e. The number of benzene rings is 1. The summed E-state index contributed by atoms with van der Waals surface area (Å²) in [5, 5.41) is 12.5. The first kappa shape index (κ1) is 13.9. The molecule has 0 saturated heterocycles. The Morgan fingerprint density at radius 1 is 1.40 bits per heavy atom. The van der Waals surface area contributed by atoms with Crippen LogP contribution in [-0.2, 0) is 0 Å². The second kappa shape index (κ2) is 5.40. The maximum absolute atomic E-state index is 10.9. The number of fused-ring (bicyclic) bond motifs is 2. The van der Waals surface area contributed by atoms with Crippen molar-refractivity contribution in [2.45, 2.75) is 38.6 Å². The normalized spacial score (nSPS) is 29.4. The third-order valence-corrected chi connectivity index (χ3v) is 5.69. The first-order valence-corrected chi connectivity index (χ1v) is 8.13. The van der Waals surface area contributed by atoms with Gasteiger partial charge in [0.15, 0.2) is 0 Å². The molecule has 4 heteroatoms. The largest absolute Gasteiger partial charge is 0.478 e. The molecule has 2 bridgehead atoms. The number of carboxylic acid groups (broad SMARTS) is 1. The molecule has 108 valence electrons. The summed E-state index contributed by atoms with van der Waals surface area (Å²) >= 11 is 3.47. The van der Waals surface area contributed by atoms with E-state index < -0.39 is 5.97 Å². The zero-order chi connectivity index (χ0) is 14.3. The van der Waals surface area contributed by atoms with Crippen LogP contribution in [0.2, 0.25) is 0 Å². The highest BCUT2D eigenvalue weighted by Gasteiger charge is 2.41. The van der Waals surface area contributed by atoms with Crippen molar-refractivity contribution in [2.75, 3.05) is 5.32 Å². The number of carboxylic acids is 1. The van der Waals surface area contributed by atoms with Gasteiger partial charge in [-0.25, -0.2) is 4.79 Å². The van der Waals surface area contributed by atoms with Gasteiger partial charge in [0, 0.05) is 16.2 Å². The molecule has 0 amide bonds. The molecule has 2 fully saturated rings. The number of hydrogen-bond donors (Lipinski definition) is 2. The van der Waals surface area contributed by atoms with E-state index in [4.69, 9.17) is 5.11 Å². The molecule has 4 atom stereocenters. The van der Waals surface area contributed by atoms with Crippen LogP contribution in [-0.4, -0.2) is 17.1 Å². The summed E-state index contributed by atoms with van der Waals surface area (Å²) in [5.74, 6) is 1.71. The van der Waals surface area contributed by atoms with E-state index in [1.807, 2.05) is 6.07 Å². The van der Waals surface area contributed by atoms with E-state index in [1.165, 1.54) is 25.7 Å². The molecular weight excluding hydrogens is 318 g/mol. The highest BCUT2D eigenvalue weighted by Crippen LogP contribution is 2.50. The molecule has 1 aromatic rings. The molecule has 0 radical (unpaired) electrons. The summed E-state index contributed by atoms with van der Waals surface area (Å²) in [6.45, 7) is 2.25. The number of carbonyl (C=O) groups is 1. The van der Waals surface area contributed by atoms with Crippen LogP contribution in [0.15, 0.2) is 22.7 Å². The van der Waals surface area contributed by atoms with Gasteiger partial charge in [-0.1, -0.05) is 6.42 Å². The van der Waals surface area contributed by atoms with E-state index in [2.05, 4.69) is 28.2 Å². The van der Waals surface area contributed by atoms with Crippen LogP contribution in [0.4, 0.5) is 5.69 Å². The standard InChI is InChI=1S/C16H20BrNO2/c1-9(13-7-10-2-3-11(13)6-10)18-15-5-4-12(16(19)20)8-14(15)17/h4-5,8-11,13,18H,2-3,6-7H2,1H3,(H,19,20). The molecular formula is C16H20BrNO2. The van der Waals surface area contributed by atoms with Gasteiger partial charge in [-0.2, -0.15) is 0 Å². The van der Waals surface area contributed by atoms with E-state index in [9.17, 15) is 4.79 Å². The third kappa shape index (κ3) is 2.58. The lowest BCUT2D eigenvalue weighted by Gasteiger charge is -2.29. The molecule has 0 heterocycles. The highest BCUT2D eigenvalue weighted by molar-refractivity contribution is 9.10. The van der Waals surface area contributed by atoms with E-state index >= 15 is 0 Å². The van der Waals surface area contributed by atoms with Crippen molar-refractivity contribution < 1.29 is 9.90 Å². The van der Waals surface area contributed by atoms with Crippen molar-refractivity contribution in [1.29, 1.82) is 0 Å². The number of hydrogen-bond acceptors (Lipinski definition) is 2. The minimum atomic E-state index is -0.890. The molecule has 2 aliphatic carbocycles. The summed E-state index contributed by atoms with van der Waals surface area (Å²) in [4.78, 5) is 10.9. The predicted octanol–water partition coefficient (Wildman–Crippen LogP) is 4.38. The molecule has 0 aromatic heterocycles. The topological polar surface area (TPSA) is 49.3 Å². The monoisotopic (exact) mass is 337 g/mol. The van der Waals surface area contributed by atoms with Gasteiger partial charge < -0.3 is 10.4 Å². The second-order valence-corrected chi connectivity index (χ2v) is 7.13. The Hall–Kier alpha value is -1.03. The Morgan fingerprint density at radius 3 is 2.75 bits per heavy atom. The first-order chi connectivity index (χ1) is 9.54. The number of aromatic carboxylic acids is 1. The van der Waals surface area contributed by atoms with Gasteiger partial charge >= 0.3 is 5.97 Å². The fraction of sp³-hybridized carbons (Fsp3) is 0.562. The molecule has 3 nitrogen and oxygen atoms in total. The van der Waals surface area contributed by atoms with Gasteiger partial charge in [0.25, 0.3) is 0 Å². The zero-order valence-electron chi connectivity index (χ0n) is 11.6. The first-order valence-electron chi connectivity index (χ1n) is 7.34. The molecule has 0 aliphatic heterocycles. The smallest absolute Gasteiger partial charge is 0.335 e. The van der Waals surface area contributed by atoms with E-state index in [0.29, 0.717) is 11.6 Å². The average Bonchev–Trinajstić information content (AvgIpc) is 3.03. The quantitative estimate of drug-likeness (QED) is 0.856. The van der Waals surface area contributed by atoms with Crippen molar-refractivity contribution >= 4 is 27.6 Å². The molecule has 0 spiro atoms. The number of rotatable bonds is 4. The second-order valence-electron chi connectivity index (χ2n) is 6.27. The summed E-state index contributed by atoms with van der Waals surface area (Å²) in [6.07, 6.45) is 5.57. The van der Waals surface area contributed by atoms with E-state index in [0.717, 1.165) is 27.9 Å². The Kier molecular flexibility index (Phi) is 3.76. The molecule has 4 unspecified atom stereocenters. The molecule has 3 rings (SSSR count). The van der Waals surface area contributed by atoms with E-state index in [-0.39, 0.29) is 0 Å². The fourth-order valence-electron chi connectivity index (χ4n) is 4.02. The van der Waals surface area contributed by atoms with Crippen molar-refractivity contribution in [3.05, 3.63) is 28.2 Å². The lowest BCUT2D eigenvalue weighted by molar-refractivity contribution is 0.0697. The minimum absolute atomic E-state index is 0.315. The van der Waals surface area contributed by atoms with Gasteiger partial charge in [-0.05, 0) is 78.1 Å². The van der Waals surface area contributed by atoms with Crippen LogP contribution >= 0.6 is 15.9 Å². The molecule has 1 aromatic carbocycles. The maximum Gasteiger partial charge on any atom is 0.335 e. The predicted molar refractivity (Wildman–Crippen MR) is 83.1 cm³/mol. The van der Waals surface area contributed by atoms with Crippen molar-refractivity contribution in [1.82, 2.24) is 0 Å². The summed E-state index contributed by atoms with van der Waals surface area (Å²) in [5.41, 5.74) is 1.31. The number of anilines is 1. The van der Waals surface area contributed by atoms with Crippen LogP contribution in [0.3, 0.4) is 0 Å². The molecule has 2 saturated carbocycles. The van der Waals surface area contributed by atoms with Crippen molar-refractivity contribution in [3.8, 4) is 0 Å². The Morgan fingerprint density at radius 2 is 2.20 bits per heavy atom. The van der Waals surface area contributed by atoms with Gasteiger partial charge in [-0.15, -0.1) is 0 Å². The Balaban J connectivity index is 1.70. The average molecular weight is 338 g/mol. The summed E-state index contributed by atoms with van der Waals surface area (Å²) < 4.78 is 0.826. The van der Waals surface area contributed by atoms with Gasteiger partial charge in [0.1, 0.15) is 0 Å². The molecule has 2 aliphatic rings. The van der Waals surface area contributed by atoms with Crippen LogP contribution in [0.5, 0.6) is 0 Å². The van der Waals surface area contributed by atoms with Crippen LogP contribution in [0, 0.1) is 17.8 Å². The zero-order valence-corrected chi connectivity index (χ0v) is 13.2. The lowest BCUT2D eigenvalue weighted by atomic mass is 9.84. The van der Waals surface area contributed by atoms with Crippen LogP contribution < -0.4 is 5.32 Å². The van der Waals surface area contributed by atoms with Crippen LogP contribution in [0.1, 0.15) is 43.0 Å².